The number of anilines is 2. The molecule has 10 heteroatoms. The van der Waals surface area contributed by atoms with Gasteiger partial charge in [-0.25, -0.2) is 0 Å². The van der Waals surface area contributed by atoms with Crippen molar-refractivity contribution < 1.29 is 19.1 Å². The van der Waals surface area contributed by atoms with Crippen LogP contribution in [0.1, 0.15) is 36.2 Å². The zero-order valence-corrected chi connectivity index (χ0v) is 26.4. The van der Waals surface area contributed by atoms with E-state index >= 15 is 0 Å². The summed E-state index contributed by atoms with van der Waals surface area (Å²) in [7, 11) is 0. The number of halogens is 2. The van der Waals surface area contributed by atoms with Crippen molar-refractivity contribution in [3.05, 3.63) is 124 Å². The number of carbonyl (C=O) groups is 3. The van der Waals surface area contributed by atoms with E-state index in [0.29, 0.717) is 51.3 Å². The Morgan fingerprint density at radius 3 is 2.32 bits per heavy atom. The summed E-state index contributed by atoms with van der Waals surface area (Å²) >= 11 is 13.6. The van der Waals surface area contributed by atoms with Crippen molar-refractivity contribution in [1.82, 2.24) is 5.32 Å². The SMILES string of the molecule is CCOc1ccc(/C=C(/NC(=O)c2ccccc2)C(=O)Nc2cccc(SC(CC)C(=O)Nc3cc(Cl)ccc3Cl)c2)cc1. The van der Waals surface area contributed by atoms with E-state index in [4.69, 9.17) is 27.9 Å². The van der Waals surface area contributed by atoms with Crippen molar-refractivity contribution in [3.8, 4) is 5.75 Å². The molecule has 0 saturated carbocycles. The van der Waals surface area contributed by atoms with Gasteiger partial charge in [-0.15, -0.1) is 11.8 Å². The van der Waals surface area contributed by atoms with Crippen LogP contribution in [0.3, 0.4) is 0 Å². The van der Waals surface area contributed by atoms with Gasteiger partial charge in [-0.05, 0) is 85.6 Å². The van der Waals surface area contributed by atoms with Gasteiger partial charge in [0.15, 0.2) is 0 Å². The van der Waals surface area contributed by atoms with E-state index in [1.54, 1.807) is 91.0 Å². The van der Waals surface area contributed by atoms with Gasteiger partial charge in [0.1, 0.15) is 11.4 Å². The monoisotopic (exact) mass is 647 g/mol. The van der Waals surface area contributed by atoms with Crippen molar-refractivity contribution in [2.24, 2.45) is 0 Å². The zero-order chi connectivity index (χ0) is 31.5. The topological polar surface area (TPSA) is 96.5 Å². The van der Waals surface area contributed by atoms with E-state index in [9.17, 15) is 14.4 Å². The second-order valence-electron chi connectivity index (χ2n) is 9.49. The molecular formula is C34H31Cl2N3O4S. The predicted octanol–water partition coefficient (Wildman–Crippen LogP) is 8.31. The highest BCUT2D eigenvalue weighted by atomic mass is 35.5. The fourth-order valence-electron chi connectivity index (χ4n) is 4.07. The van der Waals surface area contributed by atoms with Crippen LogP contribution in [0.15, 0.2) is 108 Å². The van der Waals surface area contributed by atoms with E-state index in [1.807, 2.05) is 26.0 Å². The number of carbonyl (C=O) groups excluding carboxylic acids is 3. The van der Waals surface area contributed by atoms with Gasteiger partial charge in [0, 0.05) is 21.2 Å². The lowest BCUT2D eigenvalue weighted by Crippen LogP contribution is -2.30. The van der Waals surface area contributed by atoms with Gasteiger partial charge in [-0.2, -0.15) is 0 Å². The Morgan fingerprint density at radius 2 is 1.61 bits per heavy atom. The van der Waals surface area contributed by atoms with Crippen molar-refractivity contribution in [3.63, 3.8) is 0 Å². The Morgan fingerprint density at radius 1 is 0.864 bits per heavy atom. The lowest BCUT2D eigenvalue weighted by Gasteiger charge is -2.16. The summed E-state index contributed by atoms with van der Waals surface area (Å²) in [5, 5.41) is 8.88. The van der Waals surface area contributed by atoms with Crippen LogP contribution in [0.5, 0.6) is 5.75 Å². The lowest BCUT2D eigenvalue weighted by atomic mass is 10.1. The first-order valence-corrected chi connectivity index (χ1v) is 15.5. The van der Waals surface area contributed by atoms with E-state index in [2.05, 4.69) is 16.0 Å². The van der Waals surface area contributed by atoms with E-state index < -0.39 is 17.1 Å². The molecule has 0 aliphatic heterocycles. The quantitative estimate of drug-likeness (QED) is 0.106. The molecule has 0 radical (unpaired) electrons. The lowest BCUT2D eigenvalue weighted by molar-refractivity contribution is -0.116. The van der Waals surface area contributed by atoms with Crippen molar-refractivity contribution >= 4 is 70.1 Å². The van der Waals surface area contributed by atoms with Crippen LogP contribution in [-0.4, -0.2) is 29.6 Å². The molecule has 3 amide bonds. The largest absolute Gasteiger partial charge is 0.494 e. The first-order valence-electron chi connectivity index (χ1n) is 13.9. The van der Waals surface area contributed by atoms with E-state index in [-0.39, 0.29) is 11.6 Å². The van der Waals surface area contributed by atoms with Crippen molar-refractivity contribution in [2.75, 3.05) is 17.2 Å². The third-order valence-electron chi connectivity index (χ3n) is 6.25. The number of hydrogen-bond acceptors (Lipinski definition) is 5. The molecule has 44 heavy (non-hydrogen) atoms. The van der Waals surface area contributed by atoms with Crippen LogP contribution in [0.25, 0.3) is 6.08 Å². The summed E-state index contributed by atoms with van der Waals surface area (Å²) in [6, 6.07) is 27.9. The third kappa shape index (κ3) is 9.38. The molecule has 3 N–H and O–H groups in total. The molecule has 0 aliphatic rings. The van der Waals surface area contributed by atoms with Gasteiger partial charge in [-0.1, -0.05) is 66.5 Å². The second kappa shape index (κ2) is 16.0. The second-order valence-corrected chi connectivity index (χ2v) is 11.6. The number of nitrogens with one attached hydrogen (secondary N) is 3. The average molecular weight is 649 g/mol. The van der Waals surface area contributed by atoms with Crippen LogP contribution < -0.4 is 20.7 Å². The van der Waals surface area contributed by atoms with Gasteiger partial charge < -0.3 is 20.7 Å². The Kier molecular flexibility index (Phi) is 11.9. The molecule has 4 rings (SSSR count). The minimum Gasteiger partial charge on any atom is -0.494 e. The number of ether oxygens (including phenoxy) is 1. The summed E-state index contributed by atoms with van der Waals surface area (Å²) in [6.45, 7) is 4.35. The summed E-state index contributed by atoms with van der Waals surface area (Å²) in [5.41, 5.74) is 2.12. The molecule has 0 bridgehead atoms. The summed E-state index contributed by atoms with van der Waals surface area (Å²) in [5.74, 6) is -0.446. The van der Waals surface area contributed by atoms with Crippen LogP contribution in [0.4, 0.5) is 11.4 Å². The minimum absolute atomic E-state index is 0.0604. The standard InChI is InChI=1S/C34H31Cl2N3O4S/c1-3-31(34(42)38-29-20-24(35)15-18-28(29)36)44-27-12-8-11-25(21-27)37-33(41)30(39-32(40)23-9-6-5-7-10-23)19-22-13-16-26(17-14-22)43-4-2/h5-21,31H,3-4H2,1-2H3,(H,37,41)(H,38,42)(H,39,40)/b30-19+. The van der Waals surface area contributed by atoms with Crippen LogP contribution >= 0.6 is 35.0 Å². The van der Waals surface area contributed by atoms with Crippen LogP contribution in [-0.2, 0) is 9.59 Å². The van der Waals surface area contributed by atoms with E-state index in [0.717, 1.165) is 4.90 Å². The fraction of sp³-hybridized carbons (Fsp3) is 0.147. The maximum atomic E-state index is 13.5. The molecule has 0 aromatic heterocycles. The Bertz CT molecular complexity index is 1650. The number of hydrogen-bond donors (Lipinski definition) is 3. The summed E-state index contributed by atoms with van der Waals surface area (Å²) in [4.78, 5) is 40.3. The molecule has 0 heterocycles. The molecule has 226 valence electrons. The molecule has 1 unspecified atom stereocenters. The fourth-order valence-corrected chi connectivity index (χ4v) is 5.42. The summed E-state index contributed by atoms with van der Waals surface area (Å²) in [6.07, 6.45) is 2.15. The van der Waals surface area contributed by atoms with Crippen LogP contribution in [0, 0.1) is 0 Å². The molecule has 0 saturated heterocycles. The molecule has 4 aromatic carbocycles. The highest BCUT2D eigenvalue weighted by Gasteiger charge is 2.20. The van der Waals surface area contributed by atoms with Crippen molar-refractivity contribution in [2.45, 2.75) is 30.4 Å². The average Bonchev–Trinajstić information content (AvgIpc) is 3.02. The maximum absolute atomic E-state index is 13.5. The molecule has 7 nitrogen and oxygen atoms in total. The first kappa shape index (κ1) is 32.7. The van der Waals surface area contributed by atoms with Crippen LogP contribution in [0.2, 0.25) is 10.0 Å². The molecule has 0 aliphatic carbocycles. The predicted molar refractivity (Wildman–Crippen MR) is 180 cm³/mol. The highest BCUT2D eigenvalue weighted by Crippen LogP contribution is 2.31. The Balaban J connectivity index is 1.51. The van der Waals surface area contributed by atoms with Gasteiger partial charge in [0.05, 0.1) is 22.6 Å². The number of amides is 3. The highest BCUT2D eigenvalue weighted by molar-refractivity contribution is 8.00. The van der Waals surface area contributed by atoms with Gasteiger partial charge >= 0.3 is 0 Å². The number of thioether (sulfide) groups is 1. The van der Waals surface area contributed by atoms with Gasteiger partial charge in [0.25, 0.3) is 11.8 Å². The molecular weight excluding hydrogens is 617 g/mol. The normalized spacial score (nSPS) is 11.8. The summed E-state index contributed by atoms with van der Waals surface area (Å²) < 4.78 is 5.51. The molecule has 0 fully saturated rings. The minimum atomic E-state index is -0.509. The zero-order valence-electron chi connectivity index (χ0n) is 24.1. The first-order chi connectivity index (χ1) is 21.2. The van der Waals surface area contributed by atoms with E-state index in [1.165, 1.54) is 11.8 Å². The number of rotatable bonds is 12. The Labute approximate surface area is 271 Å². The Hall–Kier alpha value is -4.24. The number of benzene rings is 4. The third-order valence-corrected chi connectivity index (χ3v) is 8.17. The smallest absolute Gasteiger partial charge is 0.272 e. The maximum Gasteiger partial charge on any atom is 0.272 e. The molecule has 0 spiro atoms. The van der Waals surface area contributed by atoms with Crippen molar-refractivity contribution in [1.29, 1.82) is 0 Å². The molecule has 1 atom stereocenters. The van der Waals surface area contributed by atoms with Gasteiger partial charge in [0.2, 0.25) is 5.91 Å². The van der Waals surface area contributed by atoms with Gasteiger partial charge in [-0.3, -0.25) is 14.4 Å². The molecule has 4 aromatic rings.